The lowest BCUT2D eigenvalue weighted by Gasteiger charge is -2.15. The Bertz CT molecular complexity index is 316. The van der Waals surface area contributed by atoms with E-state index < -0.39 is 0 Å². The fourth-order valence-electron chi connectivity index (χ4n) is 1.75. The van der Waals surface area contributed by atoms with Crippen molar-refractivity contribution in [2.45, 2.75) is 50.6 Å². The van der Waals surface area contributed by atoms with Gasteiger partial charge in [-0.25, -0.2) is 4.98 Å². The molecule has 0 aliphatic heterocycles. The van der Waals surface area contributed by atoms with Gasteiger partial charge in [-0.05, 0) is 66.0 Å². The van der Waals surface area contributed by atoms with Gasteiger partial charge in [0.2, 0.25) is 0 Å². The molecule has 0 aliphatic rings. The fourth-order valence-corrected chi connectivity index (χ4v) is 2.80. The van der Waals surface area contributed by atoms with Crippen LogP contribution >= 0.6 is 27.7 Å². The van der Waals surface area contributed by atoms with E-state index in [1.807, 2.05) is 24.0 Å². The highest BCUT2D eigenvalue weighted by Crippen LogP contribution is 2.19. The lowest BCUT2D eigenvalue weighted by Crippen LogP contribution is -2.29. The maximum Gasteiger partial charge on any atom is 0.0960 e. The van der Waals surface area contributed by atoms with Crippen LogP contribution in [-0.2, 0) is 0 Å². The van der Waals surface area contributed by atoms with E-state index in [0.717, 1.165) is 21.8 Å². The number of rotatable bonds is 9. The van der Waals surface area contributed by atoms with E-state index >= 15 is 0 Å². The highest BCUT2D eigenvalue weighted by atomic mass is 79.9. The zero-order chi connectivity index (χ0) is 13.2. The van der Waals surface area contributed by atoms with Crippen LogP contribution in [0.2, 0.25) is 0 Å². The summed E-state index contributed by atoms with van der Waals surface area (Å²) in [5.74, 6) is 1.15. The van der Waals surface area contributed by atoms with E-state index in [0.29, 0.717) is 6.04 Å². The maximum absolute atomic E-state index is 4.37. The summed E-state index contributed by atoms with van der Waals surface area (Å²) in [4.78, 5) is 4.37. The van der Waals surface area contributed by atoms with Crippen LogP contribution < -0.4 is 5.32 Å². The van der Waals surface area contributed by atoms with E-state index in [4.69, 9.17) is 0 Å². The minimum absolute atomic E-state index is 0.684. The molecule has 0 aromatic carbocycles. The van der Waals surface area contributed by atoms with Crippen molar-refractivity contribution in [3.05, 3.63) is 22.8 Å². The van der Waals surface area contributed by atoms with Crippen LogP contribution in [0.5, 0.6) is 0 Å². The number of nitrogens with one attached hydrogen (secondary N) is 1. The number of hydrogen-bond donors (Lipinski definition) is 1. The van der Waals surface area contributed by atoms with Crippen molar-refractivity contribution in [3.8, 4) is 0 Å². The normalized spacial score (nSPS) is 12.6. The molecular weight excluding hydrogens is 308 g/mol. The topological polar surface area (TPSA) is 24.9 Å². The van der Waals surface area contributed by atoms with Crippen LogP contribution in [0.25, 0.3) is 0 Å². The zero-order valence-corrected chi connectivity index (χ0v) is 13.7. The van der Waals surface area contributed by atoms with Gasteiger partial charge in [-0.2, -0.15) is 0 Å². The van der Waals surface area contributed by atoms with Gasteiger partial charge in [0.1, 0.15) is 0 Å². The van der Waals surface area contributed by atoms with Crippen molar-refractivity contribution in [3.63, 3.8) is 0 Å². The average Bonchev–Trinajstić information content (AvgIpc) is 2.40. The number of hydrogen-bond acceptors (Lipinski definition) is 3. The van der Waals surface area contributed by atoms with Crippen molar-refractivity contribution in [2.24, 2.45) is 0 Å². The lowest BCUT2D eigenvalue weighted by atomic mass is 10.1. The van der Waals surface area contributed by atoms with Crippen molar-refractivity contribution < 1.29 is 0 Å². The second-order valence-corrected chi connectivity index (χ2v) is 6.40. The summed E-state index contributed by atoms with van der Waals surface area (Å²) in [6, 6.07) is 4.80. The molecule has 1 unspecified atom stereocenters. The van der Waals surface area contributed by atoms with Crippen LogP contribution in [0, 0.1) is 0 Å². The summed E-state index contributed by atoms with van der Waals surface area (Å²) in [7, 11) is 0. The molecule has 1 aromatic rings. The van der Waals surface area contributed by atoms with Gasteiger partial charge in [0.05, 0.1) is 5.03 Å². The molecule has 0 fully saturated rings. The smallest absolute Gasteiger partial charge is 0.0960 e. The summed E-state index contributed by atoms with van der Waals surface area (Å²) < 4.78 is 1.04. The summed E-state index contributed by atoms with van der Waals surface area (Å²) in [5.41, 5.74) is 0. The molecule has 0 bridgehead atoms. The number of thioether (sulfide) groups is 1. The average molecular weight is 331 g/mol. The van der Waals surface area contributed by atoms with Crippen LogP contribution in [0.3, 0.4) is 0 Å². The molecule has 0 spiro atoms. The summed E-state index contributed by atoms with van der Waals surface area (Å²) in [5, 5.41) is 4.71. The van der Waals surface area contributed by atoms with Crippen LogP contribution in [0.15, 0.2) is 27.8 Å². The third-order valence-electron chi connectivity index (χ3n) is 2.82. The molecule has 1 aromatic heterocycles. The van der Waals surface area contributed by atoms with E-state index in [9.17, 15) is 0 Å². The van der Waals surface area contributed by atoms with Gasteiger partial charge in [0, 0.05) is 16.7 Å². The first-order valence-corrected chi connectivity index (χ1v) is 8.51. The molecule has 4 heteroatoms. The number of pyridine rings is 1. The number of nitrogens with zero attached hydrogens (tertiary/aromatic N) is 1. The Hall–Kier alpha value is -0.0600. The summed E-state index contributed by atoms with van der Waals surface area (Å²) >= 11 is 5.25. The Morgan fingerprint density at radius 2 is 2.22 bits per heavy atom. The third-order valence-corrected chi connectivity index (χ3v) is 4.32. The minimum Gasteiger partial charge on any atom is -0.314 e. The number of halogens is 1. The van der Waals surface area contributed by atoms with Gasteiger partial charge in [0.15, 0.2) is 0 Å². The predicted molar refractivity (Wildman–Crippen MR) is 84.3 cm³/mol. The van der Waals surface area contributed by atoms with Crippen molar-refractivity contribution >= 4 is 27.7 Å². The van der Waals surface area contributed by atoms with E-state index in [-0.39, 0.29) is 0 Å². The summed E-state index contributed by atoms with van der Waals surface area (Å²) in [6.07, 6.45) is 6.81. The molecule has 0 radical (unpaired) electrons. The molecule has 0 aliphatic carbocycles. The molecule has 1 heterocycles. The fraction of sp³-hybridized carbons (Fsp3) is 0.643. The van der Waals surface area contributed by atoms with Crippen molar-refractivity contribution in [1.82, 2.24) is 10.3 Å². The molecule has 102 valence electrons. The molecule has 0 amide bonds. The quantitative estimate of drug-likeness (QED) is 0.533. The highest BCUT2D eigenvalue weighted by Gasteiger charge is 2.04. The van der Waals surface area contributed by atoms with Gasteiger partial charge in [0.25, 0.3) is 0 Å². The SMILES string of the molecule is CCCNC(CC)CCCSc1ccc(Br)cn1. The maximum atomic E-state index is 4.37. The van der Waals surface area contributed by atoms with Crippen molar-refractivity contribution in [2.75, 3.05) is 12.3 Å². The van der Waals surface area contributed by atoms with Gasteiger partial charge >= 0.3 is 0 Å². The van der Waals surface area contributed by atoms with Crippen LogP contribution in [-0.4, -0.2) is 23.3 Å². The highest BCUT2D eigenvalue weighted by molar-refractivity contribution is 9.10. The Balaban J connectivity index is 2.15. The van der Waals surface area contributed by atoms with Gasteiger partial charge in [-0.3, -0.25) is 0 Å². The standard InChI is InChI=1S/C14H23BrN2S/c1-3-9-16-13(4-2)6-5-10-18-14-8-7-12(15)11-17-14/h7-8,11,13,16H,3-6,9-10H2,1-2H3. The third kappa shape index (κ3) is 6.76. The first-order valence-electron chi connectivity index (χ1n) is 6.74. The molecule has 18 heavy (non-hydrogen) atoms. The Kier molecular flexibility index (Phi) is 8.72. The van der Waals surface area contributed by atoms with Gasteiger partial charge in [-0.1, -0.05) is 13.8 Å². The molecule has 1 atom stereocenters. The molecule has 0 saturated heterocycles. The second-order valence-electron chi connectivity index (χ2n) is 4.36. The van der Waals surface area contributed by atoms with Gasteiger partial charge < -0.3 is 5.32 Å². The van der Waals surface area contributed by atoms with E-state index in [1.54, 1.807) is 0 Å². The first kappa shape index (κ1) is 16.0. The second kappa shape index (κ2) is 9.82. The largest absolute Gasteiger partial charge is 0.314 e. The zero-order valence-electron chi connectivity index (χ0n) is 11.3. The summed E-state index contributed by atoms with van der Waals surface area (Å²) in [6.45, 7) is 5.62. The van der Waals surface area contributed by atoms with Crippen molar-refractivity contribution in [1.29, 1.82) is 0 Å². The van der Waals surface area contributed by atoms with E-state index in [2.05, 4.69) is 46.1 Å². The molecule has 2 nitrogen and oxygen atoms in total. The Morgan fingerprint density at radius 1 is 1.39 bits per heavy atom. The molecule has 1 N–H and O–H groups in total. The van der Waals surface area contributed by atoms with Crippen LogP contribution in [0.1, 0.15) is 39.5 Å². The molecule has 1 rings (SSSR count). The molecular formula is C14H23BrN2S. The monoisotopic (exact) mass is 330 g/mol. The Labute approximate surface area is 123 Å². The Morgan fingerprint density at radius 3 is 2.83 bits per heavy atom. The molecule has 0 saturated carbocycles. The minimum atomic E-state index is 0.684. The predicted octanol–water partition coefficient (Wildman–Crippen LogP) is 4.49. The number of aromatic nitrogens is 1. The van der Waals surface area contributed by atoms with E-state index in [1.165, 1.54) is 25.7 Å². The van der Waals surface area contributed by atoms with Gasteiger partial charge in [-0.15, -0.1) is 11.8 Å². The van der Waals surface area contributed by atoms with Crippen LogP contribution in [0.4, 0.5) is 0 Å². The first-order chi connectivity index (χ1) is 8.76. The lowest BCUT2D eigenvalue weighted by molar-refractivity contribution is 0.465.